The zero-order chi connectivity index (χ0) is 15.2. The van der Waals surface area contributed by atoms with Gasteiger partial charge in [0.15, 0.2) is 5.82 Å². The molecule has 0 spiro atoms. The number of hydrogen-bond donors (Lipinski definition) is 0. The predicted octanol–water partition coefficient (Wildman–Crippen LogP) is 3.44. The summed E-state index contributed by atoms with van der Waals surface area (Å²) in [6.45, 7) is 2.88. The van der Waals surface area contributed by atoms with Gasteiger partial charge in [0.1, 0.15) is 23.3 Å². The molecule has 1 aromatic carbocycles. The highest BCUT2D eigenvalue weighted by Gasteiger charge is 2.09. The van der Waals surface area contributed by atoms with E-state index in [0.29, 0.717) is 24.2 Å². The molecule has 0 atom stereocenters. The summed E-state index contributed by atoms with van der Waals surface area (Å²) in [4.78, 5) is 10.6. The van der Waals surface area contributed by atoms with E-state index in [2.05, 4.69) is 9.97 Å². The molecule has 6 heteroatoms. The second-order valence-electron chi connectivity index (χ2n) is 4.36. The molecule has 1 aromatic heterocycles. The van der Waals surface area contributed by atoms with Crippen LogP contribution < -0.4 is 9.64 Å². The molecule has 2 rings (SSSR count). The van der Waals surface area contributed by atoms with Crippen LogP contribution in [-0.2, 0) is 11.3 Å². The molecule has 0 saturated carbocycles. The minimum absolute atomic E-state index is 0.348. The van der Waals surface area contributed by atoms with E-state index in [4.69, 9.17) is 21.1 Å². The Hall–Kier alpha value is -1.85. The maximum Gasteiger partial charge on any atom is 0.158 e. The van der Waals surface area contributed by atoms with Crippen LogP contribution in [0.1, 0.15) is 12.7 Å². The van der Waals surface area contributed by atoms with Crippen LogP contribution in [0.5, 0.6) is 5.75 Å². The van der Waals surface area contributed by atoms with E-state index in [1.54, 1.807) is 13.2 Å². The van der Waals surface area contributed by atoms with E-state index in [1.807, 2.05) is 43.1 Å². The minimum Gasteiger partial charge on any atom is -0.497 e. The molecule has 0 aliphatic heterocycles. The van der Waals surface area contributed by atoms with Crippen molar-refractivity contribution in [3.8, 4) is 5.75 Å². The quantitative estimate of drug-likeness (QED) is 0.765. The van der Waals surface area contributed by atoms with Crippen LogP contribution in [0.4, 0.5) is 11.5 Å². The Kier molecular flexibility index (Phi) is 5.36. The molecule has 112 valence electrons. The van der Waals surface area contributed by atoms with Crippen LogP contribution in [0.15, 0.2) is 30.3 Å². The Balaban J connectivity index is 2.24. The maximum atomic E-state index is 6.05. The van der Waals surface area contributed by atoms with Crippen LogP contribution in [0.2, 0.25) is 5.15 Å². The highest BCUT2D eigenvalue weighted by Crippen LogP contribution is 2.25. The van der Waals surface area contributed by atoms with Crippen LogP contribution in [0, 0.1) is 0 Å². The molecule has 0 radical (unpaired) electrons. The van der Waals surface area contributed by atoms with Gasteiger partial charge in [-0.15, -0.1) is 0 Å². The van der Waals surface area contributed by atoms with Crippen LogP contribution >= 0.6 is 11.6 Å². The molecule has 0 bridgehead atoms. The SMILES string of the molecule is CCOCc1nc(Cl)cc(N(C)c2ccc(OC)cc2)n1. The van der Waals surface area contributed by atoms with E-state index < -0.39 is 0 Å². The topological polar surface area (TPSA) is 47.5 Å². The lowest BCUT2D eigenvalue weighted by Crippen LogP contribution is -2.13. The van der Waals surface area contributed by atoms with Gasteiger partial charge in [0.05, 0.1) is 7.11 Å². The average Bonchev–Trinajstić information content (AvgIpc) is 2.51. The van der Waals surface area contributed by atoms with E-state index >= 15 is 0 Å². The van der Waals surface area contributed by atoms with Crippen molar-refractivity contribution in [3.05, 3.63) is 41.3 Å². The first-order chi connectivity index (χ1) is 10.1. The zero-order valence-electron chi connectivity index (χ0n) is 12.3. The molecule has 1 heterocycles. The van der Waals surface area contributed by atoms with Crippen molar-refractivity contribution < 1.29 is 9.47 Å². The Labute approximate surface area is 129 Å². The number of ether oxygens (including phenoxy) is 2. The van der Waals surface area contributed by atoms with Gasteiger partial charge >= 0.3 is 0 Å². The summed E-state index contributed by atoms with van der Waals surface area (Å²) in [6, 6.07) is 9.43. The molecule has 0 aliphatic rings. The number of aromatic nitrogens is 2. The summed E-state index contributed by atoms with van der Waals surface area (Å²) < 4.78 is 10.5. The molecular formula is C15H18ClN3O2. The fourth-order valence-electron chi connectivity index (χ4n) is 1.82. The van der Waals surface area contributed by atoms with Crippen molar-refractivity contribution in [1.29, 1.82) is 0 Å². The van der Waals surface area contributed by atoms with Crippen molar-refractivity contribution in [2.24, 2.45) is 0 Å². The summed E-state index contributed by atoms with van der Waals surface area (Å²) in [6.07, 6.45) is 0. The highest BCUT2D eigenvalue weighted by molar-refractivity contribution is 6.29. The summed E-state index contributed by atoms with van der Waals surface area (Å²) >= 11 is 6.05. The van der Waals surface area contributed by atoms with Gasteiger partial charge in [0.25, 0.3) is 0 Å². The van der Waals surface area contributed by atoms with Crippen molar-refractivity contribution in [1.82, 2.24) is 9.97 Å². The summed E-state index contributed by atoms with van der Waals surface area (Å²) in [7, 11) is 3.56. The van der Waals surface area contributed by atoms with Gasteiger partial charge in [-0.05, 0) is 31.2 Å². The van der Waals surface area contributed by atoms with Crippen molar-refractivity contribution in [2.45, 2.75) is 13.5 Å². The van der Waals surface area contributed by atoms with Gasteiger partial charge < -0.3 is 14.4 Å². The molecule has 0 aliphatic carbocycles. The lowest BCUT2D eigenvalue weighted by molar-refractivity contribution is 0.128. The van der Waals surface area contributed by atoms with E-state index in [0.717, 1.165) is 17.3 Å². The first-order valence-corrected chi connectivity index (χ1v) is 7.00. The van der Waals surface area contributed by atoms with Crippen LogP contribution in [-0.4, -0.2) is 30.7 Å². The largest absolute Gasteiger partial charge is 0.497 e. The van der Waals surface area contributed by atoms with Gasteiger partial charge in [-0.2, -0.15) is 0 Å². The molecule has 0 amide bonds. The summed E-state index contributed by atoms with van der Waals surface area (Å²) in [5.74, 6) is 2.10. The van der Waals surface area contributed by atoms with E-state index in [9.17, 15) is 0 Å². The average molecular weight is 308 g/mol. The zero-order valence-corrected chi connectivity index (χ0v) is 13.1. The third kappa shape index (κ3) is 4.06. The van der Waals surface area contributed by atoms with Crippen LogP contribution in [0.25, 0.3) is 0 Å². The normalized spacial score (nSPS) is 10.5. The van der Waals surface area contributed by atoms with Gasteiger partial charge in [0, 0.05) is 25.4 Å². The molecule has 0 unspecified atom stereocenters. The first kappa shape index (κ1) is 15.5. The molecule has 0 saturated heterocycles. The third-order valence-electron chi connectivity index (χ3n) is 2.97. The number of methoxy groups -OCH3 is 1. The number of halogens is 1. The molecule has 0 N–H and O–H groups in total. The molecule has 2 aromatic rings. The van der Waals surface area contributed by atoms with Gasteiger partial charge in [-0.3, -0.25) is 0 Å². The number of nitrogens with zero attached hydrogens (tertiary/aromatic N) is 3. The molecule has 21 heavy (non-hydrogen) atoms. The van der Waals surface area contributed by atoms with E-state index in [-0.39, 0.29) is 0 Å². The van der Waals surface area contributed by atoms with Gasteiger partial charge in [0.2, 0.25) is 0 Å². The van der Waals surface area contributed by atoms with Gasteiger partial charge in [-0.1, -0.05) is 11.6 Å². The lowest BCUT2D eigenvalue weighted by Gasteiger charge is -2.19. The lowest BCUT2D eigenvalue weighted by atomic mass is 10.3. The van der Waals surface area contributed by atoms with E-state index in [1.165, 1.54) is 0 Å². The second kappa shape index (κ2) is 7.24. The smallest absolute Gasteiger partial charge is 0.158 e. The summed E-state index contributed by atoms with van der Waals surface area (Å²) in [5, 5.41) is 0.398. The number of hydrogen-bond acceptors (Lipinski definition) is 5. The molecule has 0 fully saturated rings. The summed E-state index contributed by atoms with van der Waals surface area (Å²) in [5.41, 5.74) is 0.980. The molecule has 5 nitrogen and oxygen atoms in total. The Morgan fingerprint density at radius 2 is 1.90 bits per heavy atom. The third-order valence-corrected chi connectivity index (χ3v) is 3.16. The van der Waals surface area contributed by atoms with Crippen molar-refractivity contribution >= 4 is 23.1 Å². The second-order valence-corrected chi connectivity index (χ2v) is 4.75. The first-order valence-electron chi connectivity index (χ1n) is 6.63. The Bertz CT molecular complexity index is 590. The monoisotopic (exact) mass is 307 g/mol. The standard InChI is InChI=1S/C15H18ClN3O2/c1-4-21-10-14-17-13(16)9-15(18-14)19(2)11-5-7-12(20-3)8-6-11/h5-9H,4,10H2,1-3H3. The molecular weight excluding hydrogens is 290 g/mol. The van der Waals surface area contributed by atoms with Gasteiger partial charge in [-0.25, -0.2) is 9.97 Å². The number of benzene rings is 1. The number of rotatable bonds is 6. The fourth-order valence-corrected chi connectivity index (χ4v) is 2.01. The van der Waals surface area contributed by atoms with Crippen molar-refractivity contribution in [3.63, 3.8) is 0 Å². The fraction of sp³-hybridized carbons (Fsp3) is 0.333. The van der Waals surface area contributed by atoms with Crippen LogP contribution in [0.3, 0.4) is 0 Å². The maximum absolute atomic E-state index is 6.05. The number of anilines is 2. The minimum atomic E-state index is 0.348. The predicted molar refractivity (Wildman–Crippen MR) is 83.4 cm³/mol. The van der Waals surface area contributed by atoms with Crippen molar-refractivity contribution in [2.75, 3.05) is 25.7 Å². The highest BCUT2D eigenvalue weighted by atomic mass is 35.5. The Morgan fingerprint density at radius 1 is 1.19 bits per heavy atom. The Morgan fingerprint density at radius 3 is 2.52 bits per heavy atom.